The van der Waals surface area contributed by atoms with Gasteiger partial charge in [0.25, 0.3) is 0 Å². The predicted molar refractivity (Wildman–Crippen MR) is 122 cm³/mol. The average molecular weight is 438 g/mol. The highest BCUT2D eigenvalue weighted by atomic mass is 35.5. The van der Waals surface area contributed by atoms with Gasteiger partial charge in [-0.3, -0.25) is 4.79 Å². The maximum absolute atomic E-state index is 12.5. The molecule has 152 valence electrons. The van der Waals surface area contributed by atoms with Crippen molar-refractivity contribution in [3.8, 4) is 11.3 Å². The molecule has 0 aliphatic rings. The molecule has 0 aliphatic heterocycles. The molecule has 6 heteroatoms. The van der Waals surface area contributed by atoms with Gasteiger partial charge in [-0.15, -0.1) is 0 Å². The van der Waals surface area contributed by atoms with Gasteiger partial charge in [-0.25, -0.2) is 4.98 Å². The maximum atomic E-state index is 12.5. The van der Waals surface area contributed by atoms with E-state index >= 15 is 0 Å². The number of imidazole rings is 1. The van der Waals surface area contributed by atoms with Gasteiger partial charge < -0.3 is 9.55 Å². The van der Waals surface area contributed by atoms with E-state index in [0.29, 0.717) is 16.5 Å². The minimum Gasteiger partial charge on any atom is -0.351 e. The van der Waals surface area contributed by atoms with E-state index in [-0.39, 0.29) is 5.43 Å². The topological polar surface area (TPSA) is 50.7 Å². The lowest BCUT2D eigenvalue weighted by Gasteiger charge is -2.15. The first-order valence-corrected chi connectivity index (χ1v) is 10.5. The van der Waals surface area contributed by atoms with Crippen LogP contribution in [0.3, 0.4) is 0 Å². The van der Waals surface area contributed by atoms with Crippen molar-refractivity contribution in [2.75, 3.05) is 0 Å². The molecule has 0 fully saturated rings. The molecule has 0 saturated heterocycles. The van der Waals surface area contributed by atoms with Crippen LogP contribution >= 0.6 is 23.2 Å². The summed E-state index contributed by atoms with van der Waals surface area (Å²) in [5.41, 5.74) is 5.79. The summed E-state index contributed by atoms with van der Waals surface area (Å²) < 4.78 is 2.12. The number of nitrogens with one attached hydrogen (secondary N) is 1. The fourth-order valence-electron chi connectivity index (χ4n) is 3.57. The van der Waals surface area contributed by atoms with Gasteiger partial charge in [0, 0.05) is 46.5 Å². The lowest BCUT2D eigenvalue weighted by molar-refractivity contribution is 0.662. The van der Waals surface area contributed by atoms with Crippen molar-refractivity contribution >= 4 is 23.2 Å². The van der Waals surface area contributed by atoms with Crippen molar-refractivity contribution in [1.82, 2.24) is 14.5 Å². The van der Waals surface area contributed by atoms with Gasteiger partial charge >= 0.3 is 0 Å². The minimum atomic E-state index is 0.00338. The minimum absolute atomic E-state index is 0.00338. The summed E-state index contributed by atoms with van der Waals surface area (Å²) in [7, 11) is 0. The molecular weight excluding hydrogens is 417 g/mol. The molecular formula is C24H21Cl2N3O. The lowest BCUT2D eigenvalue weighted by Crippen LogP contribution is -2.18. The number of rotatable bonds is 6. The van der Waals surface area contributed by atoms with Gasteiger partial charge in [-0.2, -0.15) is 0 Å². The Labute approximate surface area is 185 Å². The maximum Gasteiger partial charge on any atom is 0.185 e. The van der Waals surface area contributed by atoms with Crippen molar-refractivity contribution in [1.29, 1.82) is 0 Å². The van der Waals surface area contributed by atoms with Gasteiger partial charge in [0.2, 0.25) is 0 Å². The van der Waals surface area contributed by atoms with Crippen LogP contribution in [0.4, 0.5) is 0 Å². The molecule has 0 unspecified atom stereocenters. The molecule has 2 heterocycles. The molecule has 0 saturated carbocycles. The molecule has 1 N–H and O–H groups in total. The van der Waals surface area contributed by atoms with Gasteiger partial charge in [0.1, 0.15) is 0 Å². The third-order valence-corrected chi connectivity index (χ3v) is 6.10. The summed E-state index contributed by atoms with van der Waals surface area (Å²) in [4.78, 5) is 19.7. The number of aromatic nitrogens is 3. The molecule has 0 radical (unpaired) electrons. The van der Waals surface area contributed by atoms with Gasteiger partial charge in [-0.05, 0) is 42.2 Å². The number of hydrogen-bond donors (Lipinski definition) is 1. The van der Waals surface area contributed by atoms with Gasteiger partial charge in [0.15, 0.2) is 5.43 Å². The number of halogens is 2. The molecule has 0 bridgehead atoms. The molecule has 0 amide bonds. The fourth-order valence-corrected chi connectivity index (χ4v) is 4.10. The van der Waals surface area contributed by atoms with Crippen LogP contribution in [0.25, 0.3) is 11.3 Å². The lowest BCUT2D eigenvalue weighted by atomic mass is 10.0. The number of pyridine rings is 1. The Morgan fingerprint density at radius 2 is 1.73 bits per heavy atom. The summed E-state index contributed by atoms with van der Waals surface area (Å²) in [6, 6.07) is 15.4. The van der Waals surface area contributed by atoms with Crippen molar-refractivity contribution < 1.29 is 0 Å². The first-order valence-electron chi connectivity index (χ1n) is 9.72. The Kier molecular flexibility index (Phi) is 6.07. The second kappa shape index (κ2) is 8.90. The van der Waals surface area contributed by atoms with Crippen LogP contribution in [0.5, 0.6) is 0 Å². The van der Waals surface area contributed by atoms with E-state index < -0.39 is 0 Å². The first kappa shape index (κ1) is 20.5. The summed E-state index contributed by atoms with van der Waals surface area (Å²) in [6.07, 6.45) is 6.62. The Bertz CT molecular complexity index is 1190. The number of nitrogens with zero attached hydrogens (tertiary/aromatic N) is 2. The zero-order valence-electron chi connectivity index (χ0n) is 16.5. The van der Waals surface area contributed by atoms with Crippen LogP contribution in [-0.4, -0.2) is 14.5 Å². The van der Waals surface area contributed by atoms with E-state index in [1.54, 1.807) is 24.5 Å². The Hall–Kier alpha value is -2.82. The Balaban J connectivity index is 1.53. The van der Waals surface area contributed by atoms with Crippen molar-refractivity contribution in [2.45, 2.75) is 26.3 Å². The molecule has 4 rings (SSSR count). The van der Waals surface area contributed by atoms with Crippen LogP contribution in [0.15, 0.2) is 72.0 Å². The van der Waals surface area contributed by atoms with Crippen LogP contribution in [0.1, 0.15) is 22.4 Å². The highest BCUT2D eigenvalue weighted by Crippen LogP contribution is 2.27. The summed E-state index contributed by atoms with van der Waals surface area (Å²) >= 11 is 12.6. The normalized spacial score (nSPS) is 11.0. The number of H-pyrrole nitrogens is 1. The highest BCUT2D eigenvalue weighted by Gasteiger charge is 2.13. The summed E-state index contributed by atoms with van der Waals surface area (Å²) in [5.74, 6) is 0. The SMILES string of the molecule is Cc1c(Cc2c(Cl)cccc2Cl)c(=O)ccn1CCc1ccc(-c2cnc[nH]2)cc1. The third kappa shape index (κ3) is 4.35. The first-order chi connectivity index (χ1) is 14.5. The smallest absolute Gasteiger partial charge is 0.185 e. The Morgan fingerprint density at radius 1 is 1.00 bits per heavy atom. The van der Waals surface area contributed by atoms with Crippen molar-refractivity contribution in [2.24, 2.45) is 0 Å². The van der Waals surface area contributed by atoms with E-state index in [9.17, 15) is 4.79 Å². The fraction of sp³-hybridized carbons (Fsp3) is 0.167. The monoisotopic (exact) mass is 437 g/mol. The van der Waals surface area contributed by atoms with E-state index in [1.165, 1.54) is 5.56 Å². The number of aryl methyl sites for hydroxylation is 2. The third-order valence-electron chi connectivity index (χ3n) is 5.39. The van der Waals surface area contributed by atoms with Crippen LogP contribution in [0.2, 0.25) is 10.0 Å². The quantitative estimate of drug-likeness (QED) is 0.421. The van der Waals surface area contributed by atoms with Crippen molar-refractivity contribution in [3.63, 3.8) is 0 Å². The molecule has 30 heavy (non-hydrogen) atoms. The molecule has 4 aromatic rings. The Morgan fingerprint density at radius 3 is 2.40 bits per heavy atom. The van der Waals surface area contributed by atoms with Crippen molar-refractivity contribution in [3.05, 3.63) is 110 Å². The highest BCUT2D eigenvalue weighted by molar-refractivity contribution is 6.36. The molecule has 2 aromatic carbocycles. The van der Waals surface area contributed by atoms with E-state index in [4.69, 9.17) is 23.2 Å². The zero-order chi connectivity index (χ0) is 21.1. The van der Waals surface area contributed by atoms with E-state index in [2.05, 4.69) is 38.8 Å². The number of hydrogen-bond acceptors (Lipinski definition) is 2. The van der Waals surface area contributed by atoms with Gasteiger partial charge in [0.05, 0.1) is 18.2 Å². The number of benzene rings is 2. The molecule has 0 spiro atoms. The second-order valence-electron chi connectivity index (χ2n) is 7.23. The van der Waals surface area contributed by atoms with Crippen LogP contribution < -0.4 is 5.43 Å². The van der Waals surface area contributed by atoms with Gasteiger partial charge in [-0.1, -0.05) is 53.5 Å². The predicted octanol–water partition coefficient (Wildman–Crippen LogP) is 5.69. The second-order valence-corrected chi connectivity index (χ2v) is 8.04. The average Bonchev–Trinajstić information content (AvgIpc) is 3.28. The van der Waals surface area contributed by atoms with Crippen LogP contribution in [0, 0.1) is 6.92 Å². The molecule has 0 aliphatic carbocycles. The van der Waals surface area contributed by atoms with Crippen LogP contribution in [-0.2, 0) is 19.4 Å². The largest absolute Gasteiger partial charge is 0.351 e. The standard InChI is InChI=1S/C24H21Cl2N3O/c1-16-19(13-20-21(25)3-2-4-22(20)26)24(30)10-12-29(16)11-9-17-5-7-18(8-6-17)23-14-27-15-28-23/h2-8,10,12,14-15H,9,11,13H2,1H3,(H,27,28). The summed E-state index contributed by atoms with van der Waals surface area (Å²) in [6.45, 7) is 2.75. The molecule has 0 atom stereocenters. The number of aromatic amines is 1. The molecule has 4 nitrogen and oxygen atoms in total. The molecule has 2 aromatic heterocycles. The summed E-state index contributed by atoms with van der Waals surface area (Å²) in [5, 5.41) is 1.16. The van der Waals surface area contributed by atoms with E-state index in [1.807, 2.05) is 25.4 Å². The van der Waals surface area contributed by atoms with E-state index in [0.717, 1.165) is 41.0 Å². The zero-order valence-corrected chi connectivity index (χ0v) is 18.0.